The predicted octanol–water partition coefficient (Wildman–Crippen LogP) is 0.809. The van der Waals surface area contributed by atoms with Crippen molar-refractivity contribution in [2.24, 2.45) is 5.73 Å². The summed E-state index contributed by atoms with van der Waals surface area (Å²) >= 11 is 0. The van der Waals surface area contributed by atoms with Crippen molar-refractivity contribution in [2.45, 2.75) is 18.3 Å². The Morgan fingerprint density at radius 2 is 1.93 bits per heavy atom. The quantitative estimate of drug-likeness (QED) is 0.742. The van der Waals surface area contributed by atoms with E-state index in [1.165, 1.54) is 0 Å². The molecular weight excluding hydrogens is 178 g/mol. The summed E-state index contributed by atoms with van der Waals surface area (Å²) in [5.74, 6) is -0.412. The molecule has 0 heterocycles. The standard InChI is InChI=1S/C11H13NO2/c12-10(14)8-1-3-9(4-2-8)11(7-13)5-6-11/h1-4,13H,5-7H2,(H2,12,14). The maximum Gasteiger partial charge on any atom is 0.248 e. The van der Waals surface area contributed by atoms with Gasteiger partial charge in [-0.3, -0.25) is 4.79 Å². The van der Waals surface area contributed by atoms with Gasteiger partial charge in [0.15, 0.2) is 0 Å². The summed E-state index contributed by atoms with van der Waals surface area (Å²) in [6, 6.07) is 7.19. The third kappa shape index (κ3) is 1.40. The summed E-state index contributed by atoms with van der Waals surface area (Å²) in [5.41, 5.74) is 6.72. The van der Waals surface area contributed by atoms with Gasteiger partial charge in [0.2, 0.25) is 5.91 Å². The number of rotatable bonds is 3. The van der Waals surface area contributed by atoms with Crippen LogP contribution in [-0.2, 0) is 5.41 Å². The highest BCUT2D eigenvalue weighted by atomic mass is 16.3. The molecule has 1 aliphatic carbocycles. The zero-order valence-electron chi connectivity index (χ0n) is 7.86. The molecule has 2 rings (SSSR count). The summed E-state index contributed by atoms with van der Waals surface area (Å²) in [7, 11) is 0. The monoisotopic (exact) mass is 191 g/mol. The van der Waals surface area contributed by atoms with Gasteiger partial charge in [-0.1, -0.05) is 12.1 Å². The minimum absolute atomic E-state index is 0.0316. The Balaban J connectivity index is 2.26. The van der Waals surface area contributed by atoms with Crippen LogP contribution in [0.25, 0.3) is 0 Å². The number of hydrogen-bond acceptors (Lipinski definition) is 2. The molecule has 0 saturated heterocycles. The number of carbonyl (C=O) groups is 1. The van der Waals surface area contributed by atoms with Crippen LogP contribution in [0.2, 0.25) is 0 Å². The predicted molar refractivity (Wildman–Crippen MR) is 53.0 cm³/mol. The molecule has 1 aliphatic rings. The third-order valence-electron chi connectivity index (χ3n) is 2.94. The molecule has 74 valence electrons. The molecule has 3 nitrogen and oxygen atoms in total. The van der Waals surface area contributed by atoms with E-state index in [1.807, 2.05) is 12.1 Å². The topological polar surface area (TPSA) is 63.3 Å². The number of benzene rings is 1. The molecular formula is C11H13NO2. The Bertz CT molecular complexity index is 352. The first-order valence-electron chi connectivity index (χ1n) is 4.69. The molecule has 0 bridgehead atoms. The van der Waals surface area contributed by atoms with Gasteiger partial charge in [-0.05, 0) is 30.5 Å². The number of nitrogens with two attached hydrogens (primary N) is 1. The molecule has 0 unspecified atom stereocenters. The first-order valence-corrected chi connectivity index (χ1v) is 4.69. The van der Waals surface area contributed by atoms with E-state index < -0.39 is 5.91 Å². The Kier molecular flexibility index (Phi) is 2.04. The van der Waals surface area contributed by atoms with E-state index in [0.717, 1.165) is 18.4 Å². The van der Waals surface area contributed by atoms with Gasteiger partial charge in [0.1, 0.15) is 0 Å². The summed E-state index contributed by atoms with van der Waals surface area (Å²) in [6.45, 7) is 0.183. The molecule has 3 N–H and O–H groups in total. The molecule has 0 atom stereocenters. The minimum atomic E-state index is -0.412. The van der Waals surface area contributed by atoms with E-state index in [4.69, 9.17) is 5.73 Å². The highest BCUT2D eigenvalue weighted by Crippen LogP contribution is 2.47. The van der Waals surface area contributed by atoms with Crippen LogP contribution in [0.1, 0.15) is 28.8 Å². The van der Waals surface area contributed by atoms with Crippen molar-refractivity contribution in [1.82, 2.24) is 0 Å². The molecule has 0 aliphatic heterocycles. The average molecular weight is 191 g/mol. The Hall–Kier alpha value is -1.35. The van der Waals surface area contributed by atoms with E-state index in [0.29, 0.717) is 5.56 Å². The molecule has 0 spiro atoms. The lowest BCUT2D eigenvalue weighted by molar-refractivity contribution is 0.100. The van der Waals surface area contributed by atoms with Crippen molar-refractivity contribution in [3.05, 3.63) is 35.4 Å². The zero-order valence-corrected chi connectivity index (χ0v) is 7.86. The molecule has 1 fully saturated rings. The van der Waals surface area contributed by atoms with E-state index in [2.05, 4.69) is 0 Å². The Morgan fingerprint density at radius 3 is 2.29 bits per heavy atom. The maximum atomic E-state index is 10.8. The molecule has 1 saturated carbocycles. The summed E-state index contributed by atoms with van der Waals surface area (Å²) < 4.78 is 0. The molecule has 3 heteroatoms. The lowest BCUT2D eigenvalue weighted by Crippen LogP contribution is -2.14. The largest absolute Gasteiger partial charge is 0.395 e. The average Bonchev–Trinajstić information content (AvgIpc) is 2.99. The fourth-order valence-electron chi connectivity index (χ4n) is 1.68. The van der Waals surface area contributed by atoms with E-state index in [-0.39, 0.29) is 12.0 Å². The second-order valence-electron chi connectivity index (χ2n) is 3.88. The lowest BCUT2D eigenvalue weighted by atomic mass is 9.96. The zero-order chi connectivity index (χ0) is 10.2. The molecule has 0 radical (unpaired) electrons. The fraction of sp³-hybridized carbons (Fsp3) is 0.364. The van der Waals surface area contributed by atoms with Crippen LogP contribution < -0.4 is 5.73 Å². The highest BCUT2D eigenvalue weighted by molar-refractivity contribution is 5.92. The molecule has 14 heavy (non-hydrogen) atoms. The SMILES string of the molecule is NC(=O)c1ccc(C2(CO)CC2)cc1. The van der Waals surface area contributed by atoms with E-state index >= 15 is 0 Å². The van der Waals surface area contributed by atoms with Crippen molar-refractivity contribution >= 4 is 5.91 Å². The van der Waals surface area contributed by atoms with Crippen LogP contribution in [0.4, 0.5) is 0 Å². The van der Waals surface area contributed by atoms with Crippen LogP contribution in [-0.4, -0.2) is 17.6 Å². The maximum absolute atomic E-state index is 10.8. The van der Waals surface area contributed by atoms with Crippen LogP contribution >= 0.6 is 0 Å². The van der Waals surface area contributed by atoms with Gasteiger partial charge in [0.05, 0.1) is 6.61 Å². The number of hydrogen-bond donors (Lipinski definition) is 2. The number of aliphatic hydroxyl groups excluding tert-OH is 1. The summed E-state index contributed by atoms with van der Waals surface area (Å²) in [6.07, 6.45) is 2.05. The summed E-state index contributed by atoms with van der Waals surface area (Å²) in [4.78, 5) is 10.8. The number of amides is 1. The number of primary amides is 1. The molecule has 1 aromatic rings. The minimum Gasteiger partial charge on any atom is -0.395 e. The fourth-order valence-corrected chi connectivity index (χ4v) is 1.68. The van der Waals surface area contributed by atoms with Crippen molar-refractivity contribution in [2.75, 3.05) is 6.61 Å². The van der Waals surface area contributed by atoms with Crippen LogP contribution in [0, 0.1) is 0 Å². The Morgan fingerprint density at radius 1 is 1.36 bits per heavy atom. The van der Waals surface area contributed by atoms with E-state index in [1.54, 1.807) is 12.1 Å². The first kappa shape index (κ1) is 9.21. The van der Waals surface area contributed by atoms with Crippen LogP contribution in [0.5, 0.6) is 0 Å². The number of carbonyl (C=O) groups excluding carboxylic acids is 1. The van der Waals surface area contributed by atoms with Gasteiger partial charge in [-0.15, -0.1) is 0 Å². The smallest absolute Gasteiger partial charge is 0.248 e. The van der Waals surface area contributed by atoms with Crippen molar-refractivity contribution in [1.29, 1.82) is 0 Å². The van der Waals surface area contributed by atoms with Crippen LogP contribution in [0.3, 0.4) is 0 Å². The van der Waals surface area contributed by atoms with Gasteiger partial charge < -0.3 is 10.8 Å². The molecule has 0 aromatic heterocycles. The van der Waals surface area contributed by atoms with Crippen molar-refractivity contribution < 1.29 is 9.90 Å². The van der Waals surface area contributed by atoms with Gasteiger partial charge in [0, 0.05) is 11.0 Å². The second kappa shape index (κ2) is 3.10. The molecule has 1 aromatic carbocycles. The lowest BCUT2D eigenvalue weighted by Gasteiger charge is -2.11. The highest BCUT2D eigenvalue weighted by Gasteiger charge is 2.43. The Labute approximate surface area is 82.5 Å². The second-order valence-corrected chi connectivity index (χ2v) is 3.88. The summed E-state index contributed by atoms with van der Waals surface area (Å²) in [5, 5.41) is 9.20. The van der Waals surface area contributed by atoms with Crippen molar-refractivity contribution in [3.63, 3.8) is 0 Å². The van der Waals surface area contributed by atoms with Gasteiger partial charge in [0.25, 0.3) is 0 Å². The molecule has 1 amide bonds. The van der Waals surface area contributed by atoms with Gasteiger partial charge >= 0.3 is 0 Å². The van der Waals surface area contributed by atoms with Gasteiger partial charge in [-0.25, -0.2) is 0 Å². The third-order valence-corrected chi connectivity index (χ3v) is 2.94. The van der Waals surface area contributed by atoms with Crippen molar-refractivity contribution in [3.8, 4) is 0 Å². The number of aliphatic hydroxyl groups is 1. The normalized spacial score (nSPS) is 17.8. The van der Waals surface area contributed by atoms with Gasteiger partial charge in [-0.2, -0.15) is 0 Å². The van der Waals surface area contributed by atoms with Crippen LogP contribution in [0.15, 0.2) is 24.3 Å². The van der Waals surface area contributed by atoms with E-state index in [9.17, 15) is 9.90 Å². The first-order chi connectivity index (χ1) is 6.68.